The van der Waals surface area contributed by atoms with Crippen molar-refractivity contribution in [3.63, 3.8) is 0 Å². The Balaban J connectivity index is 2.51. The van der Waals surface area contributed by atoms with Crippen LogP contribution < -0.4 is 0 Å². The molecule has 0 atom stereocenters. The fourth-order valence-electron chi connectivity index (χ4n) is 1.30. The average Bonchev–Trinajstić information content (AvgIpc) is 2.73. The SMILES string of the molecule is CC(C)(C)n1cnnc1-c1cccs1. The van der Waals surface area contributed by atoms with Crippen LogP contribution in [0.25, 0.3) is 10.7 Å². The van der Waals surface area contributed by atoms with Gasteiger partial charge in [0.1, 0.15) is 6.33 Å². The standard InChI is InChI=1S/C10H13N3S/c1-10(2,3)13-7-11-12-9(13)8-5-4-6-14-8/h4-7H,1-3H3. The van der Waals surface area contributed by atoms with Gasteiger partial charge in [0.15, 0.2) is 5.82 Å². The van der Waals surface area contributed by atoms with E-state index in [4.69, 9.17) is 0 Å². The average molecular weight is 207 g/mol. The van der Waals surface area contributed by atoms with Gasteiger partial charge in [0, 0.05) is 5.54 Å². The minimum absolute atomic E-state index is 0.0306. The second-order valence-electron chi connectivity index (χ2n) is 4.17. The molecule has 0 spiro atoms. The first kappa shape index (κ1) is 9.40. The summed E-state index contributed by atoms with van der Waals surface area (Å²) in [5, 5.41) is 10.2. The number of hydrogen-bond acceptors (Lipinski definition) is 3. The van der Waals surface area contributed by atoms with Crippen LogP contribution in [-0.4, -0.2) is 14.8 Å². The summed E-state index contributed by atoms with van der Waals surface area (Å²) in [6.45, 7) is 6.44. The summed E-state index contributed by atoms with van der Waals surface area (Å²) >= 11 is 1.69. The van der Waals surface area contributed by atoms with Crippen molar-refractivity contribution in [2.45, 2.75) is 26.3 Å². The zero-order chi connectivity index (χ0) is 10.2. The molecule has 2 rings (SSSR count). The molecule has 0 unspecified atom stereocenters. The molecule has 14 heavy (non-hydrogen) atoms. The maximum atomic E-state index is 4.15. The monoisotopic (exact) mass is 207 g/mol. The lowest BCUT2D eigenvalue weighted by atomic mass is 10.1. The van der Waals surface area contributed by atoms with E-state index in [2.05, 4.69) is 47.0 Å². The molecule has 74 valence electrons. The largest absolute Gasteiger partial charge is 0.308 e. The van der Waals surface area contributed by atoms with Crippen LogP contribution in [0, 0.1) is 0 Å². The molecule has 0 N–H and O–H groups in total. The molecule has 4 heteroatoms. The zero-order valence-corrected chi connectivity index (χ0v) is 9.38. The maximum Gasteiger partial charge on any atom is 0.174 e. The van der Waals surface area contributed by atoms with E-state index < -0.39 is 0 Å². The van der Waals surface area contributed by atoms with Gasteiger partial charge in [-0.2, -0.15) is 0 Å². The summed E-state index contributed by atoms with van der Waals surface area (Å²) < 4.78 is 2.10. The van der Waals surface area contributed by atoms with E-state index in [0.29, 0.717) is 0 Å². The molecule has 0 radical (unpaired) electrons. The minimum atomic E-state index is 0.0306. The highest BCUT2D eigenvalue weighted by molar-refractivity contribution is 7.13. The first-order valence-electron chi connectivity index (χ1n) is 4.53. The highest BCUT2D eigenvalue weighted by atomic mass is 32.1. The predicted molar refractivity (Wildman–Crippen MR) is 58.3 cm³/mol. The Labute approximate surface area is 87.4 Å². The number of hydrogen-bond donors (Lipinski definition) is 0. The van der Waals surface area contributed by atoms with Crippen LogP contribution in [0.1, 0.15) is 20.8 Å². The van der Waals surface area contributed by atoms with E-state index >= 15 is 0 Å². The fourth-order valence-corrected chi connectivity index (χ4v) is 2.01. The van der Waals surface area contributed by atoms with E-state index in [1.807, 2.05) is 6.07 Å². The highest BCUT2D eigenvalue weighted by Crippen LogP contribution is 2.26. The van der Waals surface area contributed by atoms with Crippen LogP contribution in [0.5, 0.6) is 0 Å². The van der Waals surface area contributed by atoms with Crippen LogP contribution in [0.4, 0.5) is 0 Å². The number of nitrogens with zero attached hydrogens (tertiary/aromatic N) is 3. The van der Waals surface area contributed by atoms with Crippen molar-refractivity contribution >= 4 is 11.3 Å². The molecule has 0 aliphatic heterocycles. The van der Waals surface area contributed by atoms with Gasteiger partial charge in [0.05, 0.1) is 4.88 Å². The van der Waals surface area contributed by atoms with Gasteiger partial charge in [-0.15, -0.1) is 21.5 Å². The number of rotatable bonds is 1. The van der Waals surface area contributed by atoms with E-state index in [9.17, 15) is 0 Å². The normalized spacial score (nSPS) is 11.9. The van der Waals surface area contributed by atoms with Crippen molar-refractivity contribution in [3.8, 4) is 10.7 Å². The summed E-state index contributed by atoms with van der Waals surface area (Å²) in [5.41, 5.74) is 0.0306. The Bertz CT molecular complexity index is 409. The summed E-state index contributed by atoms with van der Waals surface area (Å²) in [6.07, 6.45) is 1.79. The van der Waals surface area contributed by atoms with E-state index in [0.717, 1.165) is 10.7 Å². The summed E-state index contributed by atoms with van der Waals surface area (Å²) in [6, 6.07) is 4.10. The second kappa shape index (κ2) is 3.20. The summed E-state index contributed by atoms with van der Waals surface area (Å²) in [7, 11) is 0. The molecule has 2 aromatic heterocycles. The lowest BCUT2D eigenvalue weighted by Crippen LogP contribution is -2.21. The van der Waals surface area contributed by atoms with E-state index in [-0.39, 0.29) is 5.54 Å². The fraction of sp³-hybridized carbons (Fsp3) is 0.400. The van der Waals surface area contributed by atoms with Gasteiger partial charge in [0.2, 0.25) is 0 Å². The van der Waals surface area contributed by atoms with Gasteiger partial charge >= 0.3 is 0 Å². The van der Waals surface area contributed by atoms with Crippen molar-refractivity contribution in [1.29, 1.82) is 0 Å². The molecule has 2 aromatic rings. The van der Waals surface area contributed by atoms with E-state index in [1.54, 1.807) is 17.7 Å². The minimum Gasteiger partial charge on any atom is -0.308 e. The Kier molecular flexibility index (Phi) is 2.15. The molecule has 0 saturated heterocycles. The second-order valence-corrected chi connectivity index (χ2v) is 5.12. The van der Waals surface area contributed by atoms with Gasteiger partial charge < -0.3 is 4.57 Å². The van der Waals surface area contributed by atoms with Gasteiger partial charge in [0.25, 0.3) is 0 Å². The van der Waals surface area contributed by atoms with Gasteiger partial charge in [-0.1, -0.05) is 6.07 Å². The van der Waals surface area contributed by atoms with Gasteiger partial charge in [-0.3, -0.25) is 0 Å². The molecule has 0 amide bonds. The van der Waals surface area contributed by atoms with Crippen molar-refractivity contribution in [2.75, 3.05) is 0 Å². The Hall–Kier alpha value is -1.16. The van der Waals surface area contributed by atoms with Gasteiger partial charge in [-0.05, 0) is 32.2 Å². The van der Waals surface area contributed by atoms with Crippen molar-refractivity contribution in [2.24, 2.45) is 0 Å². The third-order valence-electron chi connectivity index (χ3n) is 2.01. The molecule has 0 fully saturated rings. The Morgan fingerprint density at radius 1 is 1.36 bits per heavy atom. The van der Waals surface area contributed by atoms with Gasteiger partial charge in [-0.25, -0.2) is 0 Å². The molecule has 3 nitrogen and oxygen atoms in total. The molecule has 0 aliphatic rings. The van der Waals surface area contributed by atoms with Crippen LogP contribution in [0.2, 0.25) is 0 Å². The highest BCUT2D eigenvalue weighted by Gasteiger charge is 2.18. The lowest BCUT2D eigenvalue weighted by molar-refractivity contribution is 0.400. The smallest absolute Gasteiger partial charge is 0.174 e. The molecule has 0 aromatic carbocycles. The summed E-state index contributed by atoms with van der Waals surface area (Å²) in [4.78, 5) is 1.16. The van der Waals surface area contributed by atoms with Crippen molar-refractivity contribution in [1.82, 2.24) is 14.8 Å². The lowest BCUT2D eigenvalue weighted by Gasteiger charge is -2.21. The quantitative estimate of drug-likeness (QED) is 0.720. The Morgan fingerprint density at radius 2 is 2.14 bits per heavy atom. The van der Waals surface area contributed by atoms with Crippen LogP contribution >= 0.6 is 11.3 Å². The first-order chi connectivity index (χ1) is 6.59. The van der Waals surface area contributed by atoms with E-state index in [1.165, 1.54) is 0 Å². The van der Waals surface area contributed by atoms with Crippen molar-refractivity contribution < 1.29 is 0 Å². The van der Waals surface area contributed by atoms with Crippen LogP contribution in [0.3, 0.4) is 0 Å². The van der Waals surface area contributed by atoms with Crippen LogP contribution in [-0.2, 0) is 5.54 Å². The molecular formula is C10H13N3S. The molecule has 2 heterocycles. The third kappa shape index (κ3) is 1.57. The molecular weight excluding hydrogens is 194 g/mol. The summed E-state index contributed by atoms with van der Waals surface area (Å²) in [5.74, 6) is 0.951. The first-order valence-corrected chi connectivity index (χ1v) is 5.41. The van der Waals surface area contributed by atoms with Crippen molar-refractivity contribution in [3.05, 3.63) is 23.8 Å². The maximum absolute atomic E-state index is 4.15. The molecule has 0 bridgehead atoms. The zero-order valence-electron chi connectivity index (χ0n) is 8.56. The number of thiophene rings is 1. The molecule has 0 aliphatic carbocycles. The molecule has 0 saturated carbocycles. The number of aromatic nitrogens is 3. The van der Waals surface area contributed by atoms with Crippen LogP contribution in [0.15, 0.2) is 23.8 Å². The topological polar surface area (TPSA) is 30.7 Å². The Morgan fingerprint density at radius 3 is 2.71 bits per heavy atom. The predicted octanol–water partition coefficient (Wildman–Crippen LogP) is 2.76. The third-order valence-corrected chi connectivity index (χ3v) is 2.88.